The second-order valence-corrected chi connectivity index (χ2v) is 5.73. The van der Waals surface area contributed by atoms with Crippen LogP contribution < -0.4 is 0 Å². The van der Waals surface area contributed by atoms with Gasteiger partial charge in [0.25, 0.3) is 0 Å². The molecule has 0 saturated heterocycles. The van der Waals surface area contributed by atoms with Gasteiger partial charge in [0.15, 0.2) is 0 Å². The van der Waals surface area contributed by atoms with E-state index in [0.717, 1.165) is 24.8 Å². The Morgan fingerprint density at radius 2 is 1.53 bits per heavy atom. The van der Waals surface area contributed by atoms with Crippen molar-refractivity contribution in [1.82, 2.24) is 0 Å². The number of unbranched alkanes of at least 4 members (excludes halogenated alkanes) is 1. The minimum Gasteiger partial charge on any atom is -0.388 e. The smallest absolute Gasteiger partial charge is 0.0818 e. The van der Waals surface area contributed by atoms with E-state index in [1.54, 1.807) is 0 Å². The molecular formula is C18H30O. The van der Waals surface area contributed by atoms with E-state index in [9.17, 15) is 5.11 Å². The van der Waals surface area contributed by atoms with Crippen molar-refractivity contribution in [3.05, 3.63) is 35.4 Å². The van der Waals surface area contributed by atoms with E-state index >= 15 is 0 Å². The zero-order valence-electron chi connectivity index (χ0n) is 13.0. The Morgan fingerprint density at radius 1 is 0.947 bits per heavy atom. The van der Waals surface area contributed by atoms with Crippen LogP contribution in [0.5, 0.6) is 0 Å². The third-order valence-electron chi connectivity index (χ3n) is 4.36. The van der Waals surface area contributed by atoms with E-state index < -0.39 is 0 Å². The first-order chi connectivity index (χ1) is 9.13. The fourth-order valence-electron chi connectivity index (χ4n) is 2.58. The summed E-state index contributed by atoms with van der Waals surface area (Å²) in [5.41, 5.74) is 2.45. The Balaban J connectivity index is 2.72. The second kappa shape index (κ2) is 8.37. The van der Waals surface area contributed by atoms with Crippen molar-refractivity contribution in [3.63, 3.8) is 0 Å². The van der Waals surface area contributed by atoms with Crippen LogP contribution in [-0.2, 0) is 0 Å². The molecule has 0 aliphatic heterocycles. The van der Waals surface area contributed by atoms with Crippen LogP contribution in [0, 0.1) is 5.92 Å². The van der Waals surface area contributed by atoms with Crippen molar-refractivity contribution >= 4 is 0 Å². The third kappa shape index (κ3) is 4.65. The van der Waals surface area contributed by atoms with Gasteiger partial charge in [-0.15, -0.1) is 0 Å². The van der Waals surface area contributed by atoms with E-state index in [0.29, 0.717) is 11.8 Å². The van der Waals surface area contributed by atoms with Gasteiger partial charge in [-0.05, 0) is 35.8 Å². The van der Waals surface area contributed by atoms with Gasteiger partial charge in [-0.3, -0.25) is 0 Å². The number of rotatable bonds is 8. The molecule has 108 valence electrons. The van der Waals surface area contributed by atoms with E-state index in [4.69, 9.17) is 0 Å². The average Bonchev–Trinajstić information content (AvgIpc) is 2.47. The molecule has 19 heavy (non-hydrogen) atoms. The van der Waals surface area contributed by atoms with Crippen LogP contribution in [0.25, 0.3) is 0 Å². The van der Waals surface area contributed by atoms with Crippen LogP contribution in [0.4, 0.5) is 0 Å². The maximum absolute atomic E-state index is 10.5. The van der Waals surface area contributed by atoms with Crippen molar-refractivity contribution in [2.24, 2.45) is 5.92 Å². The molecule has 0 bridgehead atoms. The van der Waals surface area contributed by atoms with Crippen molar-refractivity contribution < 1.29 is 5.11 Å². The summed E-state index contributed by atoms with van der Waals surface area (Å²) in [7, 11) is 0. The molecule has 0 aliphatic carbocycles. The minimum absolute atomic E-state index is 0.303. The van der Waals surface area contributed by atoms with Gasteiger partial charge in [0.05, 0.1) is 6.10 Å². The van der Waals surface area contributed by atoms with Crippen LogP contribution in [0.1, 0.15) is 82.9 Å². The van der Waals surface area contributed by atoms with Gasteiger partial charge in [0, 0.05) is 0 Å². The van der Waals surface area contributed by atoms with Crippen LogP contribution >= 0.6 is 0 Å². The lowest BCUT2D eigenvalue weighted by Crippen LogP contribution is -2.12. The van der Waals surface area contributed by atoms with E-state index in [-0.39, 0.29) is 6.10 Å². The molecule has 1 N–H and O–H groups in total. The van der Waals surface area contributed by atoms with Gasteiger partial charge in [0.2, 0.25) is 0 Å². The van der Waals surface area contributed by atoms with Crippen molar-refractivity contribution in [1.29, 1.82) is 0 Å². The molecule has 0 aliphatic rings. The maximum Gasteiger partial charge on any atom is 0.0818 e. The fraction of sp³-hybridized carbons (Fsp3) is 0.667. The molecule has 1 rings (SSSR count). The Kier molecular flexibility index (Phi) is 7.15. The summed E-state index contributed by atoms with van der Waals surface area (Å²) in [4.78, 5) is 0. The largest absolute Gasteiger partial charge is 0.388 e. The SMILES string of the molecule is CCCCC(CC)C(O)c1ccc(C(C)CC)cc1. The summed E-state index contributed by atoms with van der Waals surface area (Å²) in [6, 6.07) is 8.58. The molecule has 0 amide bonds. The Hall–Kier alpha value is -0.820. The van der Waals surface area contributed by atoms with Gasteiger partial charge in [-0.1, -0.05) is 71.2 Å². The molecule has 3 atom stereocenters. The Labute approximate surface area is 119 Å². The minimum atomic E-state index is -0.303. The molecule has 1 aromatic carbocycles. The molecule has 0 radical (unpaired) electrons. The quantitative estimate of drug-likeness (QED) is 0.660. The number of hydrogen-bond acceptors (Lipinski definition) is 1. The first-order valence-corrected chi connectivity index (χ1v) is 7.91. The highest BCUT2D eigenvalue weighted by Gasteiger charge is 2.18. The maximum atomic E-state index is 10.5. The zero-order chi connectivity index (χ0) is 14.3. The van der Waals surface area contributed by atoms with E-state index in [1.807, 2.05) is 0 Å². The second-order valence-electron chi connectivity index (χ2n) is 5.73. The fourth-order valence-corrected chi connectivity index (χ4v) is 2.58. The van der Waals surface area contributed by atoms with Crippen LogP contribution in [0.15, 0.2) is 24.3 Å². The highest BCUT2D eigenvalue weighted by Crippen LogP contribution is 2.30. The van der Waals surface area contributed by atoms with Crippen molar-refractivity contribution in [2.75, 3.05) is 0 Å². The normalized spacial score (nSPS) is 16.1. The number of aliphatic hydroxyl groups is 1. The highest BCUT2D eigenvalue weighted by molar-refractivity contribution is 5.26. The molecule has 0 heterocycles. The topological polar surface area (TPSA) is 20.2 Å². The molecule has 0 spiro atoms. The molecule has 0 aromatic heterocycles. The van der Waals surface area contributed by atoms with E-state index in [1.165, 1.54) is 18.4 Å². The monoisotopic (exact) mass is 262 g/mol. The number of benzene rings is 1. The molecule has 0 fully saturated rings. The predicted molar refractivity (Wildman–Crippen MR) is 83.4 cm³/mol. The summed E-state index contributed by atoms with van der Waals surface area (Å²) in [6.07, 6.45) is 5.45. The first-order valence-electron chi connectivity index (χ1n) is 7.91. The molecule has 3 unspecified atom stereocenters. The molecule has 1 aromatic rings. The number of hydrogen-bond donors (Lipinski definition) is 1. The lowest BCUT2D eigenvalue weighted by atomic mass is 9.88. The van der Waals surface area contributed by atoms with Crippen molar-refractivity contribution in [3.8, 4) is 0 Å². The Bertz CT molecular complexity index is 341. The number of aliphatic hydroxyl groups excluding tert-OH is 1. The van der Waals surface area contributed by atoms with E-state index in [2.05, 4.69) is 52.0 Å². The van der Waals surface area contributed by atoms with Crippen LogP contribution in [0.2, 0.25) is 0 Å². The van der Waals surface area contributed by atoms with Gasteiger partial charge < -0.3 is 5.11 Å². The van der Waals surface area contributed by atoms with Crippen molar-refractivity contribution in [2.45, 2.75) is 71.8 Å². The lowest BCUT2D eigenvalue weighted by Gasteiger charge is -2.22. The average molecular weight is 262 g/mol. The predicted octanol–water partition coefficient (Wildman–Crippen LogP) is 5.45. The van der Waals surface area contributed by atoms with Crippen LogP contribution in [0.3, 0.4) is 0 Å². The molecular weight excluding hydrogens is 232 g/mol. The highest BCUT2D eigenvalue weighted by atomic mass is 16.3. The summed E-state index contributed by atoms with van der Waals surface area (Å²) in [5, 5.41) is 10.5. The zero-order valence-corrected chi connectivity index (χ0v) is 13.0. The van der Waals surface area contributed by atoms with Gasteiger partial charge in [0.1, 0.15) is 0 Å². The Morgan fingerprint density at radius 3 is 2.00 bits per heavy atom. The molecule has 1 heteroatoms. The summed E-state index contributed by atoms with van der Waals surface area (Å²) < 4.78 is 0. The molecule has 0 saturated carbocycles. The standard InChI is InChI=1S/C18H30O/c1-5-8-9-15(7-3)18(19)17-12-10-16(11-13-17)14(4)6-2/h10-15,18-19H,5-9H2,1-4H3. The van der Waals surface area contributed by atoms with Gasteiger partial charge in [-0.2, -0.15) is 0 Å². The van der Waals surface area contributed by atoms with Gasteiger partial charge in [-0.25, -0.2) is 0 Å². The first kappa shape index (κ1) is 16.2. The third-order valence-corrected chi connectivity index (χ3v) is 4.36. The summed E-state index contributed by atoms with van der Waals surface area (Å²) in [5.74, 6) is 1.00. The summed E-state index contributed by atoms with van der Waals surface area (Å²) in [6.45, 7) is 8.85. The van der Waals surface area contributed by atoms with Crippen LogP contribution in [-0.4, -0.2) is 5.11 Å². The van der Waals surface area contributed by atoms with Gasteiger partial charge >= 0.3 is 0 Å². The summed E-state index contributed by atoms with van der Waals surface area (Å²) >= 11 is 0. The molecule has 1 nitrogen and oxygen atoms in total. The lowest BCUT2D eigenvalue weighted by molar-refractivity contribution is 0.0989.